The molecule has 3 rings (SSSR count). The first kappa shape index (κ1) is 16.7. The fraction of sp³-hybridized carbons (Fsp3) is 0.375. The number of piperidine rings is 1. The van der Waals surface area contributed by atoms with Gasteiger partial charge in [-0.3, -0.25) is 0 Å². The summed E-state index contributed by atoms with van der Waals surface area (Å²) in [5, 5.41) is 18.1. The van der Waals surface area contributed by atoms with Gasteiger partial charge in [0, 0.05) is 24.2 Å². The minimum atomic E-state index is -3.16. The van der Waals surface area contributed by atoms with E-state index in [0.29, 0.717) is 43.0 Å². The van der Waals surface area contributed by atoms with Crippen molar-refractivity contribution in [2.75, 3.05) is 25.1 Å². The van der Waals surface area contributed by atoms with Gasteiger partial charge in [-0.1, -0.05) is 12.1 Å². The fourth-order valence-electron chi connectivity index (χ4n) is 3.06. The Labute approximate surface area is 141 Å². The van der Waals surface area contributed by atoms with Crippen LogP contribution >= 0.6 is 0 Å². The van der Waals surface area contributed by atoms with Gasteiger partial charge in [-0.25, -0.2) is 12.7 Å². The number of hydrogen-bond donors (Lipinski definition) is 2. The lowest BCUT2D eigenvalue weighted by Crippen LogP contribution is -2.37. The molecular weight excluding hydrogens is 328 g/mol. The molecule has 2 aromatic rings. The van der Waals surface area contributed by atoms with E-state index >= 15 is 0 Å². The zero-order valence-corrected chi connectivity index (χ0v) is 14.2. The number of nitrogens with two attached hydrogens (primary N) is 1. The molecule has 1 saturated heterocycles. The second-order valence-corrected chi connectivity index (χ2v) is 8.01. The number of phenolic OH excluding ortho intramolecular Hbond substituents is 1. The molecule has 0 atom stereocenters. The second kappa shape index (κ2) is 6.37. The number of nitrogen functional groups attached to an aromatic ring is 1. The molecule has 1 aromatic heterocycles. The lowest BCUT2D eigenvalue weighted by molar-refractivity contribution is 0.321. The number of rotatable bonds is 3. The summed E-state index contributed by atoms with van der Waals surface area (Å²) in [6.07, 6.45) is 2.60. The average Bonchev–Trinajstić information content (AvgIpc) is 2.55. The maximum Gasteiger partial charge on any atom is 0.211 e. The van der Waals surface area contributed by atoms with Crippen molar-refractivity contribution >= 4 is 15.8 Å². The molecule has 7 nitrogen and oxygen atoms in total. The number of phenols is 1. The third kappa shape index (κ3) is 3.34. The highest BCUT2D eigenvalue weighted by molar-refractivity contribution is 7.88. The highest BCUT2D eigenvalue weighted by Crippen LogP contribution is 2.35. The molecule has 24 heavy (non-hydrogen) atoms. The number of nitrogens with zero attached hydrogens (tertiary/aromatic N) is 3. The maximum absolute atomic E-state index is 11.6. The average molecular weight is 348 g/mol. The Hall–Kier alpha value is -2.19. The number of aromatic nitrogens is 2. The van der Waals surface area contributed by atoms with Crippen LogP contribution in [0.1, 0.15) is 24.3 Å². The van der Waals surface area contributed by atoms with Gasteiger partial charge < -0.3 is 10.8 Å². The van der Waals surface area contributed by atoms with Gasteiger partial charge in [0.2, 0.25) is 10.0 Å². The van der Waals surface area contributed by atoms with Crippen LogP contribution in [0, 0.1) is 0 Å². The minimum absolute atomic E-state index is 0.128. The molecule has 0 saturated carbocycles. The van der Waals surface area contributed by atoms with Gasteiger partial charge in [0.15, 0.2) is 0 Å². The van der Waals surface area contributed by atoms with E-state index in [1.54, 1.807) is 18.2 Å². The number of benzene rings is 1. The van der Waals surface area contributed by atoms with Crippen molar-refractivity contribution in [3.8, 4) is 17.0 Å². The van der Waals surface area contributed by atoms with Gasteiger partial charge in [-0.15, -0.1) is 10.2 Å². The zero-order valence-electron chi connectivity index (χ0n) is 13.4. The van der Waals surface area contributed by atoms with Gasteiger partial charge in [-0.05, 0) is 37.0 Å². The van der Waals surface area contributed by atoms with Crippen LogP contribution in [0.25, 0.3) is 11.3 Å². The molecule has 0 amide bonds. The van der Waals surface area contributed by atoms with Crippen LogP contribution in [0.15, 0.2) is 30.3 Å². The van der Waals surface area contributed by atoms with Gasteiger partial charge in [0.25, 0.3) is 0 Å². The topological polar surface area (TPSA) is 109 Å². The predicted molar refractivity (Wildman–Crippen MR) is 91.9 cm³/mol. The van der Waals surface area contributed by atoms with E-state index in [-0.39, 0.29) is 11.7 Å². The Kier molecular flexibility index (Phi) is 4.42. The molecule has 0 radical (unpaired) electrons. The van der Waals surface area contributed by atoms with E-state index in [0.717, 1.165) is 5.56 Å². The number of sulfonamides is 1. The number of hydrogen-bond acceptors (Lipinski definition) is 6. The quantitative estimate of drug-likeness (QED) is 0.871. The van der Waals surface area contributed by atoms with E-state index in [4.69, 9.17) is 5.73 Å². The summed E-state index contributed by atoms with van der Waals surface area (Å²) >= 11 is 0. The summed E-state index contributed by atoms with van der Waals surface area (Å²) in [4.78, 5) is 0. The third-order valence-electron chi connectivity index (χ3n) is 4.40. The Balaban J connectivity index is 1.87. The molecular formula is C16H20N4O3S. The monoisotopic (exact) mass is 348 g/mol. The molecule has 1 aromatic carbocycles. The summed E-state index contributed by atoms with van der Waals surface area (Å²) in [5.41, 5.74) is 8.00. The lowest BCUT2D eigenvalue weighted by atomic mass is 9.90. The van der Waals surface area contributed by atoms with Crippen molar-refractivity contribution in [3.63, 3.8) is 0 Å². The molecule has 128 valence electrons. The summed E-state index contributed by atoms with van der Waals surface area (Å²) in [5.74, 6) is 0.615. The van der Waals surface area contributed by atoms with Crippen molar-refractivity contribution in [1.29, 1.82) is 0 Å². The molecule has 3 N–H and O–H groups in total. The van der Waals surface area contributed by atoms with E-state index in [1.165, 1.54) is 10.6 Å². The molecule has 0 unspecified atom stereocenters. The molecule has 0 spiro atoms. The number of anilines is 1. The van der Waals surface area contributed by atoms with Crippen LogP contribution in [-0.4, -0.2) is 47.4 Å². The maximum atomic E-state index is 11.6. The van der Waals surface area contributed by atoms with Crippen molar-refractivity contribution in [1.82, 2.24) is 14.5 Å². The lowest BCUT2D eigenvalue weighted by Gasteiger charge is -2.30. The van der Waals surface area contributed by atoms with E-state index in [2.05, 4.69) is 10.2 Å². The largest absolute Gasteiger partial charge is 0.507 e. The van der Waals surface area contributed by atoms with E-state index < -0.39 is 10.0 Å². The molecule has 8 heteroatoms. The Morgan fingerprint density at radius 1 is 1.21 bits per heavy atom. The van der Waals surface area contributed by atoms with E-state index in [9.17, 15) is 13.5 Å². The zero-order chi connectivity index (χ0) is 17.3. The van der Waals surface area contributed by atoms with Gasteiger partial charge in [-0.2, -0.15) is 0 Å². The normalized spacial score (nSPS) is 17.0. The van der Waals surface area contributed by atoms with Crippen LogP contribution in [0.3, 0.4) is 0 Å². The second-order valence-electron chi connectivity index (χ2n) is 6.02. The summed E-state index contributed by atoms with van der Waals surface area (Å²) < 4.78 is 24.7. The first-order valence-corrected chi connectivity index (χ1v) is 9.57. The summed E-state index contributed by atoms with van der Waals surface area (Å²) in [6.45, 7) is 0.939. The van der Waals surface area contributed by atoms with Crippen LogP contribution in [0.4, 0.5) is 5.82 Å². The smallest absolute Gasteiger partial charge is 0.211 e. The Morgan fingerprint density at radius 3 is 2.50 bits per heavy atom. The first-order chi connectivity index (χ1) is 11.4. The third-order valence-corrected chi connectivity index (χ3v) is 5.70. The molecule has 1 fully saturated rings. The Morgan fingerprint density at radius 2 is 1.88 bits per heavy atom. The van der Waals surface area contributed by atoms with Crippen LogP contribution < -0.4 is 5.73 Å². The molecule has 2 heterocycles. The number of aromatic hydroxyl groups is 1. The van der Waals surface area contributed by atoms with Crippen LogP contribution in [-0.2, 0) is 10.0 Å². The van der Waals surface area contributed by atoms with E-state index in [1.807, 2.05) is 12.1 Å². The summed E-state index contributed by atoms with van der Waals surface area (Å²) in [6, 6.07) is 8.77. The molecule has 0 bridgehead atoms. The first-order valence-electron chi connectivity index (χ1n) is 7.73. The fourth-order valence-corrected chi connectivity index (χ4v) is 3.94. The van der Waals surface area contributed by atoms with Crippen molar-refractivity contribution in [2.24, 2.45) is 0 Å². The van der Waals surface area contributed by atoms with Crippen molar-refractivity contribution in [3.05, 3.63) is 35.9 Å². The van der Waals surface area contributed by atoms with Crippen molar-refractivity contribution < 1.29 is 13.5 Å². The van der Waals surface area contributed by atoms with Crippen LogP contribution in [0.5, 0.6) is 5.75 Å². The molecule has 1 aliphatic rings. The number of para-hydroxylation sites is 1. The highest BCUT2D eigenvalue weighted by Gasteiger charge is 2.27. The van der Waals surface area contributed by atoms with Crippen molar-refractivity contribution in [2.45, 2.75) is 18.8 Å². The SMILES string of the molecule is CS(=O)(=O)N1CCC(c2cc(-c3ccccc3O)nnc2N)CC1. The minimum Gasteiger partial charge on any atom is -0.507 e. The molecule has 1 aliphatic heterocycles. The summed E-state index contributed by atoms with van der Waals surface area (Å²) in [7, 11) is -3.16. The highest BCUT2D eigenvalue weighted by atomic mass is 32.2. The molecule has 0 aliphatic carbocycles. The van der Waals surface area contributed by atoms with Gasteiger partial charge in [0.1, 0.15) is 11.6 Å². The predicted octanol–water partition coefficient (Wildman–Crippen LogP) is 1.57. The van der Waals surface area contributed by atoms with Gasteiger partial charge >= 0.3 is 0 Å². The van der Waals surface area contributed by atoms with Gasteiger partial charge in [0.05, 0.1) is 11.9 Å². The Bertz CT molecular complexity index is 846. The standard InChI is InChI=1S/C16H20N4O3S/c1-24(22,23)20-8-6-11(7-9-20)13-10-14(18-19-16(13)17)12-4-2-3-5-15(12)21/h2-5,10-11,21H,6-9H2,1H3,(H2,17,19). The van der Waals surface area contributed by atoms with Crippen LogP contribution in [0.2, 0.25) is 0 Å².